The number of fused-ring (bicyclic) bond motifs is 1. The zero-order valence-corrected chi connectivity index (χ0v) is 12.8. The van der Waals surface area contributed by atoms with Crippen LogP contribution in [0.5, 0.6) is 5.75 Å². The second kappa shape index (κ2) is 5.87. The number of aliphatic imine (C=N–C) groups is 1. The quantitative estimate of drug-likeness (QED) is 0.869. The first-order chi connectivity index (χ1) is 10.1. The molecule has 0 unspecified atom stereocenters. The Morgan fingerprint density at radius 3 is 2.90 bits per heavy atom. The van der Waals surface area contributed by atoms with E-state index in [0.29, 0.717) is 28.2 Å². The van der Waals surface area contributed by atoms with E-state index in [1.165, 1.54) is 0 Å². The van der Waals surface area contributed by atoms with Crippen molar-refractivity contribution in [2.75, 3.05) is 13.7 Å². The number of nitrogens with zero attached hydrogens (tertiary/aromatic N) is 4. The molecule has 0 radical (unpaired) electrons. The van der Waals surface area contributed by atoms with E-state index in [0.717, 1.165) is 11.5 Å². The van der Waals surface area contributed by atoms with Crippen molar-refractivity contribution in [3.05, 3.63) is 46.3 Å². The van der Waals surface area contributed by atoms with E-state index in [2.05, 4.69) is 15.0 Å². The lowest BCUT2D eigenvalue weighted by Gasteiger charge is -2.25. The van der Waals surface area contributed by atoms with Crippen molar-refractivity contribution >= 4 is 34.9 Å². The van der Waals surface area contributed by atoms with Crippen LogP contribution in [0.3, 0.4) is 0 Å². The minimum atomic E-state index is 0.284. The summed E-state index contributed by atoms with van der Waals surface area (Å²) in [6.07, 6.45) is 3.29. The summed E-state index contributed by atoms with van der Waals surface area (Å²) in [6.45, 7) is 0.932. The SMILES string of the molecule is CN1Cc2nccnc2N=C1COc1cccc(Cl)c1Cl. The van der Waals surface area contributed by atoms with Crippen LogP contribution in [-0.4, -0.2) is 34.4 Å². The molecule has 2 heterocycles. The fraction of sp³-hybridized carbons (Fsp3) is 0.214. The minimum absolute atomic E-state index is 0.284. The number of likely N-dealkylation sites (N-methyl/N-ethyl adjacent to an activating group) is 1. The van der Waals surface area contributed by atoms with Crippen LogP contribution in [0.15, 0.2) is 35.6 Å². The molecule has 3 rings (SSSR count). The zero-order valence-electron chi connectivity index (χ0n) is 11.3. The van der Waals surface area contributed by atoms with Gasteiger partial charge in [0.15, 0.2) is 5.82 Å². The highest BCUT2D eigenvalue weighted by atomic mass is 35.5. The second-order valence-electron chi connectivity index (χ2n) is 4.55. The molecule has 2 aromatic rings. The molecule has 0 saturated carbocycles. The molecule has 7 heteroatoms. The Balaban J connectivity index is 1.79. The number of amidine groups is 1. The predicted octanol–water partition coefficient (Wildman–Crippen LogP) is 3.34. The van der Waals surface area contributed by atoms with E-state index in [9.17, 15) is 0 Å². The van der Waals surface area contributed by atoms with E-state index >= 15 is 0 Å². The summed E-state index contributed by atoms with van der Waals surface area (Å²) < 4.78 is 5.71. The van der Waals surface area contributed by atoms with Gasteiger partial charge in [-0.25, -0.2) is 9.98 Å². The number of ether oxygens (including phenoxy) is 1. The van der Waals surface area contributed by atoms with Gasteiger partial charge in [0.2, 0.25) is 0 Å². The van der Waals surface area contributed by atoms with Gasteiger partial charge in [0.05, 0.1) is 11.6 Å². The van der Waals surface area contributed by atoms with Crippen molar-refractivity contribution in [3.8, 4) is 5.75 Å². The summed E-state index contributed by atoms with van der Waals surface area (Å²) in [6, 6.07) is 5.27. The Morgan fingerprint density at radius 1 is 1.24 bits per heavy atom. The van der Waals surface area contributed by atoms with Crippen LogP contribution in [0, 0.1) is 0 Å². The lowest BCUT2D eigenvalue weighted by atomic mass is 10.3. The summed E-state index contributed by atoms with van der Waals surface area (Å²) in [5, 5.41) is 0.864. The van der Waals surface area contributed by atoms with Gasteiger partial charge < -0.3 is 9.64 Å². The number of hydrogen-bond donors (Lipinski definition) is 0. The van der Waals surface area contributed by atoms with Gasteiger partial charge >= 0.3 is 0 Å². The van der Waals surface area contributed by atoms with Gasteiger partial charge in [-0.05, 0) is 12.1 Å². The Bertz CT molecular complexity index is 705. The van der Waals surface area contributed by atoms with Crippen LogP contribution in [0.1, 0.15) is 5.69 Å². The third kappa shape index (κ3) is 2.94. The van der Waals surface area contributed by atoms with Crippen molar-refractivity contribution in [1.29, 1.82) is 0 Å². The van der Waals surface area contributed by atoms with E-state index in [1.54, 1.807) is 30.6 Å². The van der Waals surface area contributed by atoms with Gasteiger partial charge in [-0.3, -0.25) is 4.98 Å². The van der Waals surface area contributed by atoms with Crippen LogP contribution in [0.4, 0.5) is 5.82 Å². The lowest BCUT2D eigenvalue weighted by Crippen LogP contribution is -2.34. The van der Waals surface area contributed by atoms with Crippen molar-refractivity contribution in [2.24, 2.45) is 4.99 Å². The summed E-state index contributed by atoms with van der Waals surface area (Å²) in [5.74, 6) is 1.93. The molecule has 1 aliphatic heterocycles. The molecule has 0 saturated heterocycles. The first-order valence-electron chi connectivity index (χ1n) is 6.30. The van der Waals surface area contributed by atoms with Crippen molar-refractivity contribution in [3.63, 3.8) is 0 Å². The van der Waals surface area contributed by atoms with Gasteiger partial charge in [0.25, 0.3) is 0 Å². The van der Waals surface area contributed by atoms with Crippen molar-refractivity contribution in [1.82, 2.24) is 14.9 Å². The first kappa shape index (κ1) is 14.1. The number of hydrogen-bond acceptors (Lipinski definition) is 5. The molecule has 0 aliphatic carbocycles. The summed E-state index contributed by atoms with van der Waals surface area (Å²) in [7, 11) is 1.93. The van der Waals surface area contributed by atoms with Gasteiger partial charge in [0, 0.05) is 19.4 Å². The smallest absolute Gasteiger partial charge is 0.177 e. The third-order valence-corrected chi connectivity index (χ3v) is 3.89. The molecular weight excluding hydrogens is 311 g/mol. The molecule has 0 amide bonds. The molecule has 0 N–H and O–H groups in total. The Labute approximate surface area is 132 Å². The molecule has 0 atom stereocenters. The molecule has 1 aromatic heterocycles. The topological polar surface area (TPSA) is 50.6 Å². The maximum Gasteiger partial charge on any atom is 0.177 e. The molecule has 0 bridgehead atoms. The largest absolute Gasteiger partial charge is 0.484 e. The van der Waals surface area contributed by atoms with Gasteiger partial charge in [-0.15, -0.1) is 0 Å². The summed E-state index contributed by atoms with van der Waals surface area (Å²) in [4.78, 5) is 14.9. The lowest BCUT2D eigenvalue weighted by molar-refractivity contribution is 0.346. The Morgan fingerprint density at radius 2 is 2.05 bits per heavy atom. The van der Waals surface area contributed by atoms with Crippen LogP contribution >= 0.6 is 23.2 Å². The molecule has 1 aromatic carbocycles. The summed E-state index contributed by atoms with van der Waals surface area (Å²) >= 11 is 12.1. The Kier molecular flexibility index (Phi) is 3.94. The van der Waals surface area contributed by atoms with E-state index in [1.807, 2.05) is 11.9 Å². The average Bonchev–Trinajstić information content (AvgIpc) is 2.49. The monoisotopic (exact) mass is 322 g/mol. The van der Waals surface area contributed by atoms with E-state index in [4.69, 9.17) is 27.9 Å². The van der Waals surface area contributed by atoms with Crippen LogP contribution in [0.25, 0.3) is 0 Å². The highest BCUT2D eigenvalue weighted by molar-refractivity contribution is 6.42. The second-order valence-corrected chi connectivity index (χ2v) is 5.34. The normalized spacial score (nSPS) is 13.7. The standard InChI is InChI=1S/C14H12Cl2N4O/c1-20-7-10-14(18-6-5-17-10)19-12(20)8-21-11-4-2-3-9(15)13(11)16/h2-6H,7-8H2,1H3. The summed E-state index contributed by atoms with van der Waals surface area (Å²) in [5.41, 5.74) is 0.851. The molecule has 0 fully saturated rings. The van der Waals surface area contributed by atoms with Gasteiger partial charge in [-0.2, -0.15) is 0 Å². The van der Waals surface area contributed by atoms with Crippen LogP contribution in [0.2, 0.25) is 10.0 Å². The molecule has 1 aliphatic rings. The first-order valence-corrected chi connectivity index (χ1v) is 7.06. The molecule has 21 heavy (non-hydrogen) atoms. The maximum absolute atomic E-state index is 6.10. The van der Waals surface area contributed by atoms with Crippen molar-refractivity contribution in [2.45, 2.75) is 6.54 Å². The predicted molar refractivity (Wildman–Crippen MR) is 82.6 cm³/mol. The highest BCUT2D eigenvalue weighted by Crippen LogP contribution is 2.31. The molecule has 5 nitrogen and oxygen atoms in total. The number of benzene rings is 1. The zero-order chi connectivity index (χ0) is 14.8. The highest BCUT2D eigenvalue weighted by Gasteiger charge is 2.19. The van der Waals surface area contributed by atoms with Gasteiger partial charge in [0.1, 0.15) is 28.9 Å². The van der Waals surface area contributed by atoms with E-state index < -0.39 is 0 Å². The van der Waals surface area contributed by atoms with Crippen LogP contribution in [-0.2, 0) is 6.54 Å². The third-order valence-electron chi connectivity index (χ3n) is 3.09. The average molecular weight is 323 g/mol. The fourth-order valence-electron chi connectivity index (χ4n) is 1.97. The van der Waals surface area contributed by atoms with Gasteiger partial charge in [-0.1, -0.05) is 29.3 Å². The molecular formula is C14H12Cl2N4O. The Hall–Kier alpha value is -1.85. The minimum Gasteiger partial charge on any atom is -0.484 e. The molecule has 108 valence electrons. The fourth-order valence-corrected chi connectivity index (χ4v) is 2.31. The number of rotatable bonds is 3. The maximum atomic E-state index is 6.10. The van der Waals surface area contributed by atoms with E-state index in [-0.39, 0.29) is 6.61 Å². The number of aromatic nitrogens is 2. The van der Waals surface area contributed by atoms with Crippen molar-refractivity contribution < 1.29 is 4.74 Å². The number of halogens is 2. The molecule has 0 spiro atoms. The van der Waals surface area contributed by atoms with Crippen LogP contribution < -0.4 is 4.74 Å².